The summed E-state index contributed by atoms with van der Waals surface area (Å²) in [6.45, 7) is 10.0. The number of rotatable bonds is 7. The maximum absolute atomic E-state index is 12.2. The molecule has 0 radical (unpaired) electrons. The summed E-state index contributed by atoms with van der Waals surface area (Å²) in [7, 11) is 0. The predicted molar refractivity (Wildman–Crippen MR) is 99.3 cm³/mol. The molecule has 2 rings (SSSR count). The molecule has 0 saturated carbocycles. The Morgan fingerprint density at radius 2 is 1.92 bits per heavy atom. The Morgan fingerprint density at radius 1 is 1.25 bits per heavy atom. The second kappa shape index (κ2) is 8.53. The fourth-order valence-electron chi connectivity index (χ4n) is 2.90. The molecule has 0 aliphatic carbocycles. The summed E-state index contributed by atoms with van der Waals surface area (Å²) in [5, 5.41) is 5.44. The van der Waals surface area contributed by atoms with Crippen molar-refractivity contribution in [3.05, 3.63) is 24.3 Å². The number of carbonyl (C=O) groups is 2. The van der Waals surface area contributed by atoms with Crippen molar-refractivity contribution in [3.63, 3.8) is 0 Å². The zero-order chi connectivity index (χ0) is 17.7. The summed E-state index contributed by atoms with van der Waals surface area (Å²) in [4.78, 5) is 27.6. The molecule has 0 bridgehead atoms. The number of anilines is 1. The molecule has 0 saturated heterocycles. The first kappa shape index (κ1) is 18.8. The lowest BCUT2D eigenvalue weighted by molar-refractivity contribution is -0.124. The van der Waals surface area contributed by atoms with E-state index in [1.54, 1.807) is 0 Å². The molecule has 1 aromatic rings. The number of hydrogen-bond acceptors (Lipinski definition) is 4. The smallest absolute Gasteiger partial charge is 0.238 e. The SMILES string of the molecule is CC(C)N(CCNC(=O)CC1Sc2ccccc2NC1=O)C(C)C. The summed E-state index contributed by atoms with van der Waals surface area (Å²) < 4.78 is 0. The van der Waals surface area contributed by atoms with Crippen molar-refractivity contribution in [2.75, 3.05) is 18.4 Å². The van der Waals surface area contributed by atoms with E-state index in [1.807, 2.05) is 24.3 Å². The first-order valence-electron chi connectivity index (χ1n) is 8.47. The molecule has 5 nitrogen and oxygen atoms in total. The molecule has 24 heavy (non-hydrogen) atoms. The van der Waals surface area contributed by atoms with Gasteiger partial charge in [0.15, 0.2) is 0 Å². The molecule has 0 spiro atoms. The molecule has 1 aliphatic heterocycles. The van der Waals surface area contributed by atoms with Crippen LogP contribution in [0.25, 0.3) is 0 Å². The van der Waals surface area contributed by atoms with E-state index < -0.39 is 0 Å². The lowest BCUT2D eigenvalue weighted by Gasteiger charge is -2.30. The van der Waals surface area contributed by atoms with Crippen LogP contribution in [0.1, 0.15) is 34.1 Å². The van der Waals surface area contributed by atoms with Gasteiger partial charge in [-0.05, 0) is 39.8 Å². The van der Waals surface area contributed by atoms with Crippen LogP contribution in [0, 0.1) is 0 Å². The summed E-state index contributed by atoms with van der Waals surface area (Å²) in [5.41, 5.74) is 0.827. The average molecular weight is 350 g/mol. The highest BCUT2D eigenvalue weighted by molar-refractivity contribution is 8.01. The van der Waals surface area contributed by atoms with Crippen LogP contribution in [-0.4, -0.2) is 47.1 Å². The monoisotopic (exact) mass is 349 g/mol. The first-order valence-corrected chi connectivity index (χ1v) is 9.35. The van der Waals surface area contributed by atoms with E-state index in [0.29, 0.717) is 18.6 Å². The number of carbonyl (C=O) groups excluding carboxylic acids is 2. The molecular formula is C18H27N3O2S. The highest BCUT2D eigenvalue weighted by atomic mass is 32.2. The number of nitrogens with one attached hydrogen (secondary N) is 2. The maximum Gasteiger partial charge on any atom is 0.238 e. The standard InChI is InChI=1S/C18H27N3O2S/c1-12(2)21(13(3)4)10-9-19-17(22)11-16-18(23)20-14-7-5-6-8-15(14)24-16/h5-8,12-13,16H,9-11H2,1-4H3,(H,19,22)(H,20,23). The van der Waals surface area contributed by atoms with Gasteiger partial charge in [-0.2, -0.15) is 0 Å². The molecule has 1 atom stereocenters. The molecule has 0 aromatic heterocycles. The highest BCUT2D eigenvalue weighted by Crippen LogP contribution is 2.36. The Bertz CT molecular complexity index is 581. The lowest BCUT2D eigenvalue weighted by atomic mass is 10.2. The molecule has 0 fully saturated rings. The fourth-order valence-corrected chi connectivity index (χ4v) is 4.02. The Kier molecular flexibility index (Phi) is 6.69. The van der Waals surface area contributed by atoms with Gasteiger partial charge in [0.2, 0.25) is 11.8 Å². The molecule has 2 amide bonds. The van der Waals surface area contributed by atoms with Crippen molar-refractivity contribution >= 4 is 29.3 Å². The average Bonchev–Trinajstić information content (AvgIpc) is 2.51. The summed E-state index contributed by atoms with van der Waals surface area (Å²) in [6, 6.07) is 8.56. The quantitative estimate of drug-likeness (QED) is 0.795. The third-order valence-electron chi connectivity index (χ3n) is 4.10. The second-order valence-electron chi connectivity index (χ2n) is 6.57. The van der Waals surface area contributed by atoms with Crippen LogP contribution < -0.4 is 10.6 Å². The minimum absolute atomic E-state index is 0.0745. The Balaban J connectivity index is 1.82. The van der Waals surface area contributed by atoms with Gasteiger partial charge in [0, 0.05) is 36.5 Å². The second-order valence-corrected chi connectivity index (χ2v) is 7.82. The van der Waals surface area contributed by atoms with Crippen LogP contribution in [0.2, 0.25) is 0 Å². The van der Waals surface area contributed by atoms with Crippen molar-refractivity contribution in [1.29, 1.82) is 0 Å². The van der Waals surface area contributed by atoms with Crippen LogP contribution >= 0.6 is 11.8 Å². The molecule has 1 unspecified atom stereocenters. The van der Waals surface area contributed by atoms with Crippen molar-refractivity contribution in [2.24, 2.45) is 0 Å². The van der Waals surface area contributed by atoms with Gasteiger partial charge in [0.25, 0.3) is 0 Å². The largest absolute Gasteiger partial charge is 0.355 e. The number of thioether (sulfide) groups is 1. The van der Waals surface area contributed by atoms with Crippen molar-refractivity contribution in [1.82, 2.24) is 10.2 Å². The third-order valence-corrected chi connectivity index (χ3v) is 5.37. The molecule has 1 heterocycles. The van der Waals surface area contributed by atoms with E-state index in [4.69, 9.17) is 0 Å². The predicted octanol–water partition coefficient (Wildman–Crippen LogP) is 2.72. The summed E-state index contributed by atoms with van der Waals surface area (Å²) in [5.74, 6) is -0.172. The Morgan fingerprint density at radius 3 is 2.58 bits per heavy atom. The molecule has 1 aliphatic rings. The maximum atomic E-state index is 12.2. The molecule has 6 heteroatoms. The highest BCUT2D eigenvalue weighted by Gasteiger charge is 2.28. The minimum atomic E-state index is -0.369. The zero-order valence-corrected chi connectivity index (χ0v) is 15.7. The number of hydrogen-bond donors (Lipinski definition) is 2. The van der Waals surface area contributed by atoms with Crippen LogP contribution in [0.5, 0.6) is 0 Å². The van der Waals surface area contributed by atoms with Gasteiger partial charge in [-0.25, -0.2) is 0 Å². The zero-order valence-electron chi connectivity index (χ0n) is 14.8. The van der Waals surface area contributed by atoms with Gasteiger partial charge in [-0.3, -0.25) is 14.5 Å². The number of benzene rings is 1. The van der Waals surface area contributed by atoms with Gasteiger partial charge < -0.3 is 10.6 Å². The molecule has 1 aromatic carbocycles. The topological polar surface area (TPSA) is 61.4 Å². The van der Waals surface area contributed by atoms with E-state index in [0.717, 1.165) is 17.1 Å². The molecular weight excluding hydrogens is 322 g/mol. The lowest BCUT2D eigenvalue weighted by Crippen LogP contribution is -2.43. The third kappa shape index (κ3) is 4.98. The van der Waals surface area contributed by atoms with Gasteiger partial charge in [0.1, 0.15) is 0 Å². The number of amides is 2. The van der Waals surface area contributed by atoms with Gasteiger partial charge in [0.05, 0.1) is 10.9 Å². The number of para-hydroxylation sites is 1. The van der Waals surface area contributed by atoms with Gasteiger partial charge in [-0.1, -0.05) is 12.1 Å². The Labute approximate surface area is 148 Å². The number of nitrogens with zero attached hydrogens (tertiary/aromatic N) is 1. The van der Waals surface area contributed by atoms with Crippen molar-refractivity contribution in [2.45, 2.75) is 56.3 Å². The van der Waals surface area contributed by atoms with Crippen LogP contribution in [0.4, 0.5) is 5.69 Å². The van der Waals surface area contributed by atoms with E-state index in [-0.39, 0.29) is 23.5 Å². The molecule has 2 N–H and O–H groups in total. The normalized spacial score (nSPS) is 17.1. The minimum Gasteiger partial charge on any atom is -0.355 e. The van der Waals surface area contributed by atoms with E-state index >= 15 is 0 Å². The van der Waals surface area contributed by atoms with Crippen molar-refractivity contribution in [3.8, 4) is 0 Å². The van der Waals surface area contributed by atoms with Crippen molar-refractivity contribution < 1.29 is 9.59 Å². The van der Waals surface area contributed by atoms with E-state index in [1.165, 1.54) is 11.8 Å². The van der Waals surface area contributed by atoms with Gasteiger partial charge in [-0.15, -0.1) is 11.8 Å². The summed E-state index contributed by atoms with van der Waals surface area (Å²) in [6.07, 6.45) is 0.203. The van der Waals surface area contributed by atoms with E-state index in [9.17, 15) is 9.59 Å². The van der Waals surface area contributed by atoms with E-state index in [2.05, 4.69) is 43.2 Å². The summed E-state index contributed by atoms with van der Waals surface area (Å²) >= 11 is 1.46. The Hall–Kier alpha value is -1.53. The first-order chi connectivity index (χ1) is 11.4. The van der Waals surface area contributed by atoms with Crippen LogP contribution in [0.3, 0.4) is 0 Å². The van der Waals surface area contributed by atoms with Gasteiger partial charge >= 0.3 is 0 Å². The number of fused-ring (bicyclic) bond motifs is 1. The van der Waals surface area contributed by atoms with Crippen LogP contribution in [-0.2, 0) is 9.59 Å². The fraction of sp³-hybridized carbons (Fsp3) is 0.556. The van der Waals surface area contributed by atoms with Crippen LogP contribution in [0.15, 0.2) is 29.2 Å². The molecule has 132 valence electrons.